The van der Waals surface area contributed by atoms with E-state index in [2.05, 4.69) is 29.3 Å². The number of nitrogens with one attached hydrogen (secondary N) is 1. The molecule has 0 aliphatic rings. The van der Waals surface area contributed by atoms with Crippen molar-refractivity contribution in [3.05, 3.63) is 11.7 Å². The number of carbonyl (C=O) groups excluding carboxylic acids is 1. The molecule has 102 valence electrons. The van der Waals surface area contributed by atoms with Gasteiger partial charge in [-0.25, -0.2) is 0 Å². The number of rotatable bonds is 7. The van der Waals surface area contributed by atoms with Gasteiger partial charge in [0.05, 0.1) is 0 Å². The van der Waals surface area contributed by atoms with Crippen molar-refractivity contribution in [2.45, 2.75) is 40.0 Å². The van der Waals surface area contributed by atoms with Gasteiger partial charge in [0.15, 0.2) is 0 Å². The van der Waals surface area contributed by atoms with Gasteiger partial charge in [-0.1, -0.05) is 19.0 Å². The summed E-state index contributed by atoms with van der Waals surface area (Å²) in [5.41, 5.74) is 5.70. The van der Waals surface area contributed by atoms with Crippen LogP contribution in [0, 0.1) is 5.41 Å². The van der Waals surface area contributed by atoms with Crippen LogP contribution in [0.15, 0.2) is 4.52 Å². The van der Waals surface area contributed by atoms with E-state index in [4.69, 9.17) is 10.3 Å². The Morgan fingerprint density at radius 2 is 2.17 bits per heavy atom. The highest BCUT2D eigenvalue weighted by Crippen LogP contribution is 2.25. The van der Waals surface area contributed by atoms with Crippen LogP contribution in [0.4, 0.5) is 0 Å². The van der Waals surface area contributed by atoms with Gasteiger partial charge in [-0.15, -0.1) is 0 Å². The number of nitrogens with zero attached hydrogens (tertiary/aromatic N) is 2. The maximum atomic E-state index is 11.4. The van der Waals surface area contributed by atoms with Crippen LogP contribution in [-0.2, 0) is 6.42 Å². The third kappa shape index (κ3) is 4.44. The van der Waals surface area contributed by atoms with Gasteiger partial charge < -0.3 is 15.6 Å². The molecule has 0 aromatic carbocycles. The van der Waals surface area contributed by atoms with Gasteiger partial charge in [-0.2, -0.15) is 4.98 Å². The van der Waals surface area contributed by atoms with Gasteiger partial charge in [0.25, 0.3) is 11.7 Å². The number of hydrogen-bond acceptors (Lipinski definition) is 5. The molecule has 0 saturated heterocycles. The Morgan fingerprint density at radius 3 is 2.78 bits per heavy atom. The van der Waals surface area contributed by atoms with Crippen LogP contribution >= 0.6 is 0 Å². The smallest absolute Gasteiger partial charge is 0.292 e. The summed E-state index contributed by atoms with van der Waals surface area (Å²) < 4.78 is 5.05. The lowest BCUT2D eigenvalue weighted by molar-refractivity contribution is 0.0942. The molecule has 0 saturated carbocycles. The first-order chi connectivity index (χ1) is 8.48. The zero-order valence-corrected chi connectivity index (χ0v) is 11.3. The summed E-state index contributed by atoms with van der Waals surface area (Å²) in [6.45, 7) is 7.36. The molecule has 0 spiro atoms. The molecule has 0 unspecified atom stereocenters. The molecule has 1 amide bonds. The fourth-order valence-electron chi connectivity index (χ4n) is 1.65. The average Bonchev–Trinajstić information content (AvgIpc) is 2.75. The van der Waals surface area contributed by atoms with Crippen LogP contribution in [0.2, 0.25) is 0 Å². The molecular formula is C12H22N4O2. The van der Waals surface area contributed by atoms with Gasteiger partial charge >= 0.3 is 0 Å². The van der Waals surface area contributed by atoms with Crippen LogP contribution in [0.25, 0.3) is 0 Å². The van der Waals surface area contributed by atoms with E-state index < -0.39 is 0 Å². The maximum absolute atomic E-state index is 11.4. The Balaban J connectivity index is 2.51. The Hall–Kier alpha value is -1.43. The van der Waals surface area contributed by atoms with Gasteiger partial charge in [-0.05, 0) is 31.7 Å². The van der Waals surface area contributed by atoms with Crippen LogP contribution in [0.5, 0.6) is 0 Å². The number of amides is 1. The molecule has 6 nitrogen and oxygen atoms in total. The molecular weight excluding hydrogens is 232 g/mol. The first kappa shape index (κ1) is 14.6. The zero-order valence-electron chi connectivity index (χ0n) is 11.3. The van der Waals surface area contributed by atoms with E-state index in [1.165, 1.54) is 0 Å². The molecule has 0 aliphatic heterocycles. The van der Waals surface area contributed by atoms with E-state index in [9.17, 15) is 4.79 Å². The lowest BCUT2D eigenvalue weighted by Gasteiger charge is -2.22. The molecule has 0 atom stereocenters. The summed E-state index contributed by atoms with van der Waals surface area (Å²) in [7, 11) is 0. The third-order valence-corrected chi connectivity index (χ3v) is 2.85. The minimum Gasteiger partial charge on any atom is -0.349 e. The maximum Gasteiger partial charge on any atom is 0.292 e. The largest absolute Gasteiger partial charge is 0.349 e. The highest BCUT2D eigenvalue weighted by atomic mass is 16.5. The highest BCUT2D eigenvalue weighted by molar-refractivity contribution is 5.90. The van der Waals surface area contributed by atoms with Crippen molar-refractivity contribution in [3.63, 3.8) is 0 Å². The highest BCUT2D eigenvalue weighted by Gasteiger charge is 2.19. The second kappa shape index (κ2) is 6.49. The number of hydrogen-bond donors (Lipinski definition) is 2. The van der Waals surface area contributed by atoms with Crippen molar-refractivity contribution in [1.82, 2.24) is 15.5 Å². The molecule has 3 N–H and O–H groups in total. The predicted molar refractivity (Wildman–Crippen MR) is 68.1 cm³/mol. The lowest BCUT2D eigenvalue weighted by atomic mass is 9.84. The summed E-state index contributed by atoms with van der Waals surface area (Å²) in [6, 6.07) is 0. The molecule has 0 fully saturated rings. The molecule has 1 aromatic rings. The van der Waals surface area contributed by atoms with Crippen molar-refractivity contribution in [3.8, 4) is 0 Å². The topological polar surface area (TPSA) is 94.0 Å². The summed E-state index contributed by atoms with van der Waals surface area (Å²) in [4.78, 5) is 15.5. The minimum atomic E-state index is -0.297. The molecule has 0 aliphatic carbocycles. The quantitative estimate of drug-likeness (QED) is 0.760. The van der Waals surface area contributed by atoms with Gasteiger partial charge in [0.2, 0.25) is 5.89 Å². The summed E-state index contributed by atoms with van der Waals surface area (Å²) in [6.07, 6.45) is 2.52. The Labute approximate surface area is 107 Å². The summed E-state index contributed by atoms with van der Waals surface area (Å²) >= 11 is 0. The SMILES string of the molecule is CCNC(=O)c1noc(CCC(C)(C)CCN)n1. The minimum absolute atomic E-state index is 0.100. The molecule has 6 heteroatoms. The van der Waals surface area contributed by atoms with Crippen molar-refractivity contribution < 1.29 is 9.32 Å². The molecule has 1 rings (SSSR count). The molecule has 18 heavy (non-hydrogen) atoms. The molecule has 1 aromatic heterocycles. The molecule has 1 heterocycles. The monoisotopic (exact) mass is 254 g/mol. The van der Waals surface area contributed by atoms with E-state index in [1.807, 2.05) is 6.92 Å². The van der Waals surface area contributed by atoms with Crippen LogP contribution < -0.4 is 11.1 Å². The van der Waals surface area contributed by atoms with E-state index in [0.717, 1.165) is 12.8 Å². The predicted octanol–water partition coefficient (Wildman–Crippen LogP) is 1.13. The third-order valence-electron chi connectivity index (χ3n) is 2.85. The Bertz CT molecular complexity index is 387. The van der Waals surface area contributed by atoms with Crippen LogP contribution in [-0.4, -0.2) is 29.1 Å². The number of aryl methyl sites for hydroxylation is 1. The number of aromatic nitrogens is 2. The van der Waals surface area contributed by atoms with E-state index >= 15 is 0 Å². The lowest BCUT2D eigenvalue weighted by Crippen LogP contribution is -2.23. The second-order valence-electron chi connectivity index (χ2n) is 5.07. The van der Waals surface area contributed by atoms with Crippen molar-refractivity contribution >= 4 is 5.91 Å². The summed E-state index contributed by atoms with van der Waals surface area (Å²) in [5.74, 6) is 0.304. The Kier molecular flexibility index (Phi) is 5.27. The Morgan fingerprint density at radius 1 is 1.44 bits per heavy atom. The van der Waals surface area contributed by atoms with Gasteiger partial charge in [-0.3, -0.25) is 4.79 Å². The number of carbonyl (C=O) groups is 1. The van der Waals surface area contributed by atoms with Gasteiger partial charge in [0, 0.05) is 13.0 Å². The standard InChI is InChI=1S/C12H22N4O2/c1-4-14-11(17)10-15-9(18-16-10)5-6-12(2,3)7-8-13/h4-8,13H2,1-3H3,(H,14,17). The first-order valence-electron chi connectivity index (χ1n) is 6.29. The van der Waals surface area contributed by atoms with Crippen LogP contribution in [0.1, 0.15) is 50.1 Å². The average molecular weight is 254 g/mol. The molecule has 0 bridgehead atoms. The summed E-state index contributed by atoms with van der Waals surface area (Å²) in [5, 5.41) is 6.29. The molecule has 0 radical (unpaired) electrons. The van der Waals surface area contributed by atoms with Crippen molar-refractivity contribution in [2.75, 3.05) is 13.1 Å². The normalized spacial score (nSPS) is 11.6. The fourth-order valence-corrected chi connectivity index (χ4v) is 1.65. The number of nitrogens with two attached hydrogens (primary N) is 1. The van der Waals surface area contributed by atoms with E-state index in [-0.39, 0.29) is 17.1 Å². The fraction of sp³-hybridized carbons (Fsp3) is 0.750. The van der Waals surface area contributed by atoms with Crippen molar-refractivity contribution in [1.29, 1.82) is 0 Å². The van der Waals surface area contributed by atoms with Crippen LogP contribution in [0.3, 0.4) is 0 Å². The zero-order chi connectivity index (χ0) is 13.6. The van der Waals surface area contributed by atoms with E-state index in [1.54, 1.807) is 0 Å². The first-order valence-corrected chi connectivity index (χ1v) is 6.29. The van der Waals surface area contributed by atoms with E-state index in [0.29, 0.717) is 25.4 Å². The van der Waals surface area contributed by atoms with Gasteiger partial charge in [0.1, 0.15) is 0 Å². The second-order valence-corrected chi connectivity index (χ2v) is 5.07. The van der Waals surface area contributed by atoms with Crippen molar-refractivity contribution in [2.24, 2.45) is 11.1 Å².